The molecule has 136 valence electrons. The van der Waals surface area contributed by atoms with Gasteiger partial charge in [0.15, 0.2) is 0 Å². The third kappa shape index (κ3) is 3.80. The van der Waals surface area contributed by atoms with Gasteiger partial charge in [0.25, 0.3) is 0 Å². The van der Waals surface area contributed by atoms with E-state index in [1.165, 1.54) is 11.1 Å². The molecule has 0 bridgehead atoms. The first-order valence-corrected chi connectivity index (χ1v) is 9.71. The van der Waals surface area contributed by atoms with Gasteiger partial charge in [-0.25, -0.2) is 0 Å². The predicted molar refractivity (Wildman–Crippen MR) is 103 cm³/mol. The highest BCUT2D eigenvalue weighted by Gasteiger charge is 2.44. The topological polar surface area (TPSA) is 45.2 Å². The molecule has 4 rings (SSSR count). The Labute approximate surface area is 155 Å². The number of hydrogen-bond donors (Lipinski definition) is 1. The quantitative estimate of drug-likeness (QED) is 0.898. The second-order valence-electron chi connectivity index (χ2n) is 7.64. The molecule has 2 aromatic rings. The smallest absolute Gasteiger partial charge is 0.223 e. The Morgan fingerprint density at radius 1 is 1.15 bits per heavy atom. The number of nitrogens with zero attached hydrogens (tertiary/aromatic N) is 2. The van der Waals surface area contributed by atoms with Gasteiger partial charge in [0.2, 0.25) is 5.91 Å². The largest absolute Gasteiger partial charge is 0.353 e. The molecule has 0 spiro atoms. The fraction of sp³-hybridized carbons (Fsp3) is 0.455. The maximum Gasteiger partial charge on any atom is 0.223 e. The van der Waals surface area contributed by atoms with Crippen LogP contribution in [-0.4, -0.2) is 34.9 Å². The molecule has 1 aliphatic heterocycles. The van der Waals surface area contributed by atoms with Crippen LogP contribution in [0.1, 0.15) is 49.3 Å². The Kier molecular flexibility index (Phi) is 5.02. The van der Waals surface area contributed by atoms with Crippen LogP contribution >= 0.6 is 0 Å². The molecule has 1 aromatic carbocycles. The fourth-order valence-electron chi connectivity index (χ4n) is 4.13. The molecule has 2 fully saturated rings. The van der Waals surface area contributed by atoms with Crippen molar-refractivity contribution in [1.82, 2.24) is 15.2 Å². The van der Waals surface area contributed by atoms with Gasteiger partial charge in [-0.15, -0.1) is 0 Å². The zero-order valence-electron chi connectivity index (χ0n) is 15.3. The van der Waals surface area contributed by atoms with E-state index in [1.807, 2.05) is 12.3 Å². The van der Waals surface area contributed by atoms with E-state index < -0.39 is 0 Å². The minimum absolute atomic E-state index is 0.139. The number of rotatable bonds is 5. The highest BCUT2D eigenvalue weighted by Crippen LogP contribution is 2.47. The first-order valence-electron chi connectivity index (χ1n) is 9.71. The summed E-state index contributed by atoms with van der Waals surface area (Å²) in [5, 5.41) is 3.29. The summed E-state index contributed by atoms with van der Waals surface area (Å²) in [5.74, 6) is 0.732. The van der Waals surface area contributed by atoms with Crippen molar-refractivity contribution in [2.75, 3.05) is 13.1 Å². The van der Waals surface area contributed by atoms with Crippen molar-refractivity contribution >= 4 is 5.91 Å². The van der Waals surface area contributed by atoms with E-state index in [2.05, 4.69) is 58.5 Å². The normalized spacial score (nSPS) is 24.8. The molecule has 1 amide bonds. The van der Waals surface area contributed by atoms with Crippen molar-refractivity contribution in [2.24, 2.45) is 5.92 Å². The minimum Gasteiger partial charge on any atom is -0.353 e. The van der Waals surface area contributed by atoms with E-state index in [0.717, 1.165) is 32.4 Å². The van der Waals surface area contributed by atoms with Crippen LogP contribution < -0.4 is 5.32 Å². The Morgan fingerprint density at radius 2 is 1.92 bits per heavy atom. The summed E-state index contributed by atoms with van der Waals surface area (Å²) in [6, 6.07) is 15.5. The molecule has 4 heteroatoms. The first kappa shape index (κ1) is 17.2. The lowest BCUT2D eigenvalue weighted by molar-refractivity contribution is -0.123. The van der Waals surface area contributed by atoms with Gasteiger partial charge in [-0.3, -0.25) is 14.7 Å². The van der Waals surface area contributed by atoms with E-state index >= 15 is 0 Å². The Balaban J connectivity index is 1.25. The summed E-state index contributed by atoms with van der Waals surface area (Å²) in [5.41, 5.74) is 2.56. The number of pyridine rings is 1. The zero-order chi connectivity index (χ0) is 17.9. The maximum atomic E-state index is 12.5. The van der Waals surface area contributed by atoms with Crippen LogP contribution in [0.4, 0.5) is 0 Å². The van der Waals surface area contributed by atoms with Crippen LogP contribution in [0.5, 0.6) is 0 Å². The van der Waals surface area contributed by atoms with Crippen LogP contribution in [0.15, 0.2) is 54.9 Å². The van der Waals surface area contributed by atoms with E-state index in [0.29, 0.717) is 18.0 Å². The van der Waals surface area contributed by atoms with Crippen molar-refractivity contribution < 1.29 is 4.79 Å². The summed E-state index contributed by atoms with van der Waals surface area (Å²) in [7, 11) is 0. The highest BCUT2D eigenvalue weighted by molar-refractivity contribution is 5.83. The highest BCUT2D eigenvalue weighted by atomic mass is 16.2. The molecule has 1 N–H and O–H groups in total. The van der Waals surface area contributed by atoms with Crippen molar-refractivity contribution in [3.05, 3.63) is 66.0 Å². The number of likely N-dealkylation sites (tertiary alicyclic amines) is 1. The summed E-state index contributed by atoms with van der Waals surface area (Å²) in [4.78, 5) is 19.2. The monoisotopic (exact) mass is 349 g/mol. The van der Waals surface area contributed by atoms with Crippen molar-refractivity contribution in [2.45, 2.75) is 44.2 Å². The van der Waals surface area contributed by atoms with Gasteiger partial charge in [-0.2, -0.15) is 0 Å². The van der Waals surface area contributed by atoms with Crippen LogP contribution in [0.2, 0.25) is 0 Å². The van der Waals surface area contributed by atoms with Gasteiger partial charge in [0, 0.05) is 43.5 Å². The summed E-state index contributed by atoms with van der Waals surface area (Å²) in [6.07, 6.45) is 6.70. The van der Waals surface area contributed by atoms with Crippen molar-refractivity contribution in [3.8, 4) is 0 Å². The van der Waals surface area contributed by atoms with Crippen molar-refractivity contribution in [1.29, 1.82) is 0 Å². The van der Waals surface area contributed by atoms with Crippen LogP contribution in [-0.2, 0) is 4.79 Å². The molecule has 1 saturated heterocycles. The van der Waals surface area contributed by atoms with Crippen LogP contribution in [0, 0.1) is 5.92 Å². The summed E-state index contributed by atoms with van der Waals surface area (Å²) < 4.78 is 0. The molecular weight excluding hydrogens is 322 g/mol. The molecule has 0 unspecified atom stereocenters. The summed E-state index contributed by atoms with van der Waals surface area (Å²) in [6.45, 7) is 4.35. The summed E-state index contributed by atoms with van der Waals surface area (Å²) >= 11 is 0. The Morgan fingerprint density at radius 3 is 2.62 bits per heavy atom. The molecule has 2 heterocycles. The SMILES string of the molecule is C[C@H](c1ccccc1)N1CCC(NC(=O)[C@H]2C[C@@H]2c2cccnc2)CC1. The van der Waals surface area contributed by atoms with E-state index in [9.17, 15) is 4.79 Å². The third-order valence-electron chi connectivity index (χ3n) is 5.95. The molecule has 0 radical (unpaired) electrons. The molecule has 1 aromatic heterocycles. The molecule has 2 aliphatic rings. The number of piperidine rings is 1. The number of amides is 1. The molecule has 1 aliphatic carbocycles. The van der Waals surface area contributed by atoms with Gasteiger partial charge in [-0.1, -0.05) is 36.4 Å². The van der Waals surface area contributed by atoms with Crippen LogP contribution in [0.3, 0.4) is 0 Å². The van der Waals surface area contributed by atoms with Gasteiger partial charge in [-0.05, 0) is 49.3 Å². The number of benzene rings is 1. The lowest BCUT2D eigenvalue weighted by Crippen LogP contribution is -2.45. The third-order valence-corrected chi connectivity index (χ3v) is 5.95. The van der Waals surface area contributed by atoms with Gasteiger partial charge < -0.3 is 5.32 Å². The molecular formula is C22H27N3O. The van der Waals surface area contributed by atoms with E-state index in [4.69, 9.17) is 0 Å². The first-order chi connectivity index (χ1) is 12.7. The molecule has 26 heavy (non-hydrogen) atoms. The van der Waals surface area contributed by atoms with E-state index in [1.54, 1.807) is 6.20 Å². The molecule has 3 atom stereocenters. The molecule has 4 nitrogen and oxygen atoms in total. The van der Waals surface area contributed by atoms with Crippen LogP contribution in [0.25, 0.3) is 0 Å². The predicted octanol–water partition coefficient (Wildman–Crippen LogP) is 3.53. The standard InChI is InChI=1S/C22H27N3O/c1-16(17-6-3-2-4-7-17)25-12-9-19(10-13-25)24-22(26)21-14-20(21)18-8-5-11-23-15-18/h2-8,11,15-16,19-21H,9-10,12-14H2,1H3,(H,24,26)/t16-,20-,21+/m1/s1. The fourth-order valence-corrected chi connectivity index (χ4v) is 4.13. The average Bonchev–Trinajstić information content (AvgIpc) is 3.50. The Bertz CT molecular complexity index is 726. The number of nitrogens with one attached hydrogen (secondary N) is 1. The number of carbonyl (C=O) groups is 1. The van der Waals surface area contributed by atoms with Gasteiger partial charge >= 0.3 is 0 Å². The maximum absolute atomic E-state index is 12.5. The lowest BCUT2D eigenvalue weighted by atomic mass is 10.00. The molecule has 1 saturated carbocycles. The minimum atomic E-state index is 0.139. The van der Waals surface area contributed by atoms with E-state index in [-0.39, 0.29) is 11.8 Å². The van der Waals surface area contributed by atoms with Gasteiger partial charge in [0.05, 0.1) is 0 Å². The number of carbonyl (C=O) groups excluding carboxylic acids is 1. The van der Waals surface area contributed by atoms with Crippen molar-refractivity contribution in [3.63, 3.8) is 0 Å². The second kappa shape index (κ2) is 7.58. The zero-order valence-corrected chi connectivity index (χ0v) is 15.3. The average molecular weight is 349 g/mol. The Hall–Kier alpha value is -2.20. The number of aromatic nitrogens is 1. The van der Waals surface area contributed by atoms with Gasteiger partial charge in [0.1, 0.15) is 0 Å². The lowest BCUT2D eigenvalue weighted by Gasteiger charge is -2.36. The second-order valence-corrected chi connectivity index (χ2v) is 7.64. The number of hydrogen-bond acceptors (Lipinski definition) is 3.